The fraction of sp³-hybridized carbons (Fsp3) is 0.417. The Balaban J connectivity index is 1.77. The van der Waals surface area contributed by atoms with E-state index in [1.807, 2.05) is 51.1 Å². The lowest BCUT2D eigenvalue weighted by Crippen LogP contribution is -2.44. The van der Waals surface area contributed by atoms with Gasteiger partial charge < -0.3 is 14.2 Å². The first-order valence-corrected chi connectivity index (χ1v) is 10.6. The molecule has 0 unspecified atom stereocenters. The van der Waals surface area contributed by atoms with E-state index >= 15 is 0 Å². The van der Waals surface area contributed by atoms with E-state index in [4.69, 9.17) is 4.74 Å². The number of imidazole rings is 1. The van der Waals surface area contributed by atoms with Gasteiger partial charge in [0.15, 0.2) is 0 Å². The highest BCUT2D eigenvalue weighted by molar-refractivity contribution is 5.96. The van der Waals surface area contributed by atoms with E-state index in [-0.39, 0.29) is 17.8 Å². The molecule has 2 heterocycles. The maximum atomic E-state index is 13.0. The molecule has 1 amide bonds. The number of ether oxygens (including phenoxy) is 1. The number of nitrogens with zero attached hydrogens (tertiary/aromatic N) is 4. The van der Waals surface area contributed by atoms with Crippen molar-refractivity contribution in [1.82, 2.24) is 19.4 Å². The highest BCUT2D eigenvalue weighted by Crippen LogP contribution is 2.19. The molecular weight excluding hydrogens is 392 g/mol. The molecule has 0 aliphatic rings. The third-order valence-corrected chi connectivity index (χ3v) is 5.32. The summed E-state index contributed by atoms with van der Waals surface area (Å²) in [6.07, 6.45) is 4.07. The summed E-state index contributed by atoms with van der Waals surface area (Å²) >= 11 is 0. The van der Waals surface area contributed by atoms with Crippen molar-refractivity contribution in [3.63, 3.8) is 0 Å². The maximum Gasteiger partial charge on any atom is 0.328 e. The van der Waals surface area contributed by atoms with Gasteiger partial charge in [0, 0.05) is 25.4 Å². The number of likely N-dealkylation sites (N-methyl/N-ethyl adjacent to an activating group) is 1. The van der Waals surface area contributed by atoms with Gasteiger partial charge in [-0.2, -0.15) is 0 Å². The van der Waals surface area contributed by atoms with E-state index < -0.39 is 6.04 Å². The average Bonchev–Trinajstić information content (AvgIpc) is 3.06. The number of fused-ring (bicyclic) bond motifs is 1. The summed E-state index contributed by atoms with van der Waals surface area (Å²) in [5, 5.41) is 0. The molecule has 2 aromatic heterocycles. The van der Waals surface area contributed by atoms with Crippen LogP contribution in [0.25, 0.3) is 11.0 Å². The van der Waals surface area contributed by atoms with Gasteiger partial charge in [-0.15, -0.1) is 0 Å². The number of aryl methyl sites for hydroxylation is 1. The molecule has 1 atom stereocenters. The van der Waals surface area contributed by atoms with E-state index in [0.29, 0.717) is 25.1 Å². The number of aromatic nitrogens is 3. The molecule has 1 aromatic carbocycles. The van der Waals surface area contributed by atoms with Crippen molar-refractivity contribution in [1.29, 1.82) is 0 Å². The topological polar surface area (TPSA) is 77.3 Å². The van der Waals surface area contributed by atoms with Crippen LogP contribution in [-0.2, 0) is 16.1 Å². The van der Waals surface area contributed by atoms with Crippen molar-refractivity contribution in [2.24, 2.45) is 5.92 Å². The summed E-state index contributed by atoms with van der Waals surface area (Å²) in [5.41, 5.74) is 3.49. The molecule has 3 rings (SSSR count). The molecule has 7 nitrogen and oxygen atoms in total. The molecule has 7 heteroatoms. The van der Waals surface area contributed by atoms with Crippen molar-refractivity contribution in [3.05, 3.63) is 59.7 Å². The molecule has 0 spiro atoms. The monoisotopic (exact) mass is 422 g/mol. The van der Waals surface area contributed by atoms with Gasteiger partial charge in [-0.3, -0.25) is 9.78 Å². The van der Waals surface area contributed by atoms with Crippen LogP contribution in [-0.4, -0.2) is 51.0 Å². The molecule has 0 N–H and O–H groups in total. The first-order valence-electron chi connectivity index (χ1n) is 10.6. The molecule has 0 bridgehead atoms. The molecule has 0 saturated heterocycles. The zero-order valence-corrected chi connectivity index (χ0v) is 18.8. The highest BCUT2D eigenvalue weighted by atomic mass is 16.5. The second-order valence-corrected chi connectivity index (χ2v) is 8.12. The lowest BCUT2D eigenvalue weighted by molar-refractivity contribution is -0.148. The van der Waals surface area contributed by atoms with Crippen molar-refractivity contribution < 1.29 is 14.3 Å². The number of pyridine rings is 1. The number of hydrogen-bond acceptors (Lipinski definition) is 5. The van der Waals surface area contributed by atoms with Crippen LogP contribution in [0.3, 0.4) is 0 Å². The fourth-order valence-electron chi connectivity index (χ4n) is 3.68. The van der Waals surface area contributed by atoms with Gasteiger partial charge in [0.2, 0.25) is 0 Å². The summed E-state index contributed by atoms with van der Waals surface area (Å²) in [6, 6.07) is 8.85. The van der Waals surface area contributed by atoms with E-state index in [1.165, 1.54) is 4.90 Å². The minimum atomic E-state index is -0.597. The van der Waals surface area contributed by atoms with E-state index in [1.54, 1.807) is 26.4 Å². The summed E-state index contributed by atoms with van der Waals surface area (Å²) in [5.74, 6) is 0.616. The first kappa shape index (κ1) is 22.5. The van der Waals surface area contributed by atoms with Gasteiger partial charge >= 0.3 is 5.97 Å². The highest BCUT2D eigenvalue weighted by Gasteiger charge is 2.29. The third kappa shape index (κ3) is 5.10. The lowest BCUT2D eigenvalue weighted by Gasteiger charge is -2.28. The first-order chi connectivity index (χ1) is 14.8. The zero-order chi connectivity index (χ0) is 22.5. The lowest BCUT2D eigenvalue weighted by atomic mass is 10.0. The second kappa shape index (κ2) is 9.73. The van der Waals surface area contributed by atoms with Crippen LogP contribution in [0.15, 0.2) is 42.7 Å². The number of benzene rings is 1. The molecule has 0 saturated carbocycles. The summed E-state index contributed by atoms with van der Waals surface area (Å²) in [6.45, 7) is 8.73. The zero-order valence-electron chi connectivity index (χ0n) is 18.8. The fourth-order valence-corrected chi connectivity index (χ4v) is 3.68. The number of rotatable bonds is 8. The van der Waals surface area contributed by atoms with Crippen molar-refractivity contribution in [2.45, 2.75) is 46.7 Å². The van der Waals surface area contributed by atoms with Crippen LogP contribution in [0, 0.1) is 12.8 Å². The number of carbonyl (C=O) groups is 2. The Hall–Kier alpha value is -3.22. The second-order valence-electron chi connectivity index (χ2n) is 8.12. The summed E-state index contributed by atoms with van der Waals surface area (Å²) in [4.78, 5) is 35.6. The number of hydrogen-bond donors (Lipinski definition) is 0. The van der Waals surface area contributed by atoms with Crippen LogP contribution in [0.2, 0.25) is 0 Å². The summed E-state index contributed by atoms with van der Waals surface area (Å²) < 4.78 is 7.31. The standard InChI is InChI=1S/C24H30N4O3/c1-6-31-24(30)22(13-16(2)3)27(5)23(29)19-9-7-18(8-10-19)15-28-17(4)26-20-14-25-12-11-21(20)28/h7-12,14,16,22H,6,13,15H2,1-5H3/t22-/m0/s1. The largest absolute Gasteiger partial charge is 0.464 e. The third-order valence-electron chi connectivity index (χ3n) is 5.32. The molecule has 0 fully saturated rings. The number of esters is 1. The molecule has 0 radical (unpaired) electrons. The molecular formula is C24H30N4O3. The van der Waals surface area contributed by atoms with Crippen LogP contribution >= 0.6 is 0 Å². The van der Waals surface area contributed by atoms with E-state index in [2.05, 4.69) is 14.5 Å². The van der Waals surface area contributed by atoms with Gasteiger partial charge in [0.25, 0.3) is 5.91 Å². The van der Waals surface area contributed by atoms with Crippen molar-refractivity contribution in [3.8, 4) is 0 Å². The Labute approximate surface area is 183 Å². The molecule has 0 aliphatic heterocycles. The Bertz CT molecular complexity index is 1060. The van der Waals surface area contributed by atoms with Crippen LogP contribution in [0.1, 0.15) is 48.9 Å². The number of carbonyl (C=O) groups excluding carboxylic acids is 2. The Morgan fingerprint density at radius 1 is 1.16 bits per heavy atom. The van der Waals surface area contributed by atoms with Gasteiger partial charge in [0.1, 0.15) is 17.4 Å². The molecule has 0 aliphatic carbocycles. The number of amides is 1. The van der Waals surface area contributed by atoms with Crippen LogP contribution in [0.5, 0.6) is 0 Å². The molecule has 164 valence electrons. The smallest absolute Gasteiger partial charge is 0.328 e. The Morgan fingerprint density at radius 2 is 1.87 bits per heavy atom. The van der Waals surface area contributed by atoms with Crippen molar-refractivity contribution >= 4 is 22.9 Å². The maximum absolute atomic E-state index is 13.0. The molecule has 31 heavy (non-hydrogen) atoms. The predicted octanol–water partition coefficient (Wildman–Crippen LogP) is 3.84. The van der Waals surface area contributed by atoms with E-state index in [9.17, 15) is 9.59 Å². The van der Waals surface area contributed by atoms with Crippen LogP contribution in [0.4, 0.5) is 0 Å². The van der Waals surface area contributed by atoms with Crippen molar-refractivity contribution in [2.75, 3.05) is 13.7 Å². The predicted molar refractivity (Wildman–Crippen MR) is 120 cm³/mol. The quantitative estimate of drug-likeness (QED) is 0.516. The average molecular weight is 423 g/mol. The van der Waals surface area contributed by atoms with Gasteiger partial charge in [-0.1, -0.05) is 26.0 Å². The Morgan fingerprint density at radius 3 is 2.52 bits per heavy atom. The normalized spacial score (nSPS) is 12.2. The minimum Gasteiger partial charge on any atom is -0.464 e. The minimum absolute atomic E-state index is 0.194. The summed E-state index contributed by atoms with van der Waals surface area (Å²) in [7, 11) is 1.66. The Kier molecular flexibility index (Phi) is 7.05. The SMILES string of the molecule is CCOC(=O)[C@H](CC(C)C)N(C)C(=O)c1ccc(Cn2c(C)nc3cnccc32)cc1. The van der Waals surface area contributed by atoms with Crippen LogP contribution < -0.4 is 0 Å². The molecule has 3 aromatic rings. The van der Waals surface area contributed by atoms with Gasteiger partial charge in [-0.25, -0.2) is 9.78 Å². The van der Waals surface area contributed by atoms with Gasteiger partial charge in [-0.05, 0) is 49.9 Å². The van der Waals surface area contributed by atoms with E-state index in [0.717, 1.165) is 22.4 Å². The van der Waals surface area contributed by atoms with Gasteiger partial charge in [0.05, 0.1) is 18.3 Å².